The van der Waals surface area contributed by atoms with Gasteiger partial charge in [-0.25, -0.2) is 13.6 Å². The highest BCUT2D eigenvalue weighted by Crippen LogP contribution is 2.22. The van der Waals surface area contributed by atoms with Gasteiger partial charge in [-0.2, -0.15) is 0 Å². The second kappa shape index (κ2) is 2.87. The third-order valence-electron chi connectivity index (χ3n) is 0.858. The van der Waals surface area contributed by atoms with Crippen molar-refractivity contribution in [2.75, 3.05) is 0 Å². The van der Waals surface area contributed by atoms with E-state index in [0.29, 0.717) is 3.95 Å². The van der Waals surface area contributed by atoms with Gasteiger partial charge in [0.15, 0.2) is 8.16 Å². The van der Waals surface area contributed by atoms with Crippen LogP contribution >= 0.6 is 36.2 Å². The molecule has 0 aliphatic rings. The number of aromatic nitrogens is 1. The van der Waals surface area contributed by atoms with E-state index in [2.05, 4.69) is 29.8 Å². The number of hydrogen-bond donors (Lipinski definition) is 3. The van der Waals surface area contributed by atoms with E-state index in [1.54, 1.807) is 0 Å². The van der Waals surface area contributed by atoms with Crippen LogP contribution in [0.4, 0.5) is 0 Å². The lowest BCUT2D eigenvalue weighted by atomic mass is 11.0. The van der Waals surface area contributed by atoms with Crippen LogP contribution in [0.2, 0.25) is 0 Å². The molecule has 0 aliphatic carbocycles. The minimum Gasteiger partial charge on any atom is -0.331 e. The minimum atomic E-state index is -3.67. The molecule has 1 rings (SSSR count). The molecule has 0 saturated heterocycles. The van der Waals surface area contributed by atoms with E-state index in [0.717, 1.165) is 11.3 Å². The van der Waals surface area contributed by atoms with Gasteiger partial charge in [0, 0.05) is 0 Å². The molecule has 3 N–H and O–H groups in total. The Hall–Kier alpha value is 0.110. The number of rotatable bonds is 1. The average molecular weight is 228 g/mol. The molecule has 0 bridgehead atoms. The number of nitrogens with two attached hydrogens (primary N) is 1. The number of primary sulfonamides is 1. The molecule has 0 aromatic carbocycles. The topological polar surface area (TPSA) is 76.0 Å². The molecule has 0 unspecified atom stereocenters. The van der Waals surface area contributed by atoms with Crippen LogP contribution in [0.15, 0.2) is 9.24 Å². The lowest BCUT2D eigenvalue weighted by Gasteiger charge is -1.90. The molecule has 62 valence electrons. The zero-order valence-electron chi connectivity index (χ0n) is 5.07. The van der Waals surface area contributed by atoms with Crippen LogP contribution in [0.1, 0.15) is 0 Å². The molecule has 0 atom stereocenters. The molecule has 0 saturated carbocycles. The number of thiol groups is 1. The first kappa shape index (κ1) is 9.20. The molecule has 1 aromatic heterocycles. The maximum Gasteiger partial charge on any atom is 0.250 e. The van der Waals surface area contributed by atoms with E-state index in [4.69, 9.17) is 5.14 Å². The Bertz CT molecular complexity index is 413. The predicted molar refractivity (Wildman–Crippen MR) is 48.1 cm³/mol. The summed E-state index contributed by atoms with van der Waals surface area (Å²) in [5.41, 5.74) is 0. The SMILES string of the molecule is NS(=O)(=O)c1sc(=S)[nH]c1S. The minimum absolute atomic E-state index is 0.0224. The van der Waals surface area contributed by atoms with E-state index in [9.17, 15) is 8.42 Å². The molecule has 11 heavy (non-hydrogen) atoms. The molecule has 8 heteroatoms. The first-order chi connectivity index (χ1) is 4.91. The van der Waals surface area contributed by atoms with Crippen LogP contribution in [0.3, 0.4) is 0 Å². The van der Waals surface area contributed by atoms with Crippen molar-refractivity contribution in [3.8, 4) is 0 Å². The number of H-pyrrole nitrogens is 1. The Morgan fingerprint density at radius 1 is 1.64 bits per heavy atom. The third kappa shape index (κ3) is 2.03. The van der Waals surface area contributed by atoms with Crippen molar-refractivity contribution in [2.24, 2.45) is 5.14 Å². The molecule has 0 radical (unpaired) electrons. The van der Waals surface area contributed by atoms with Gasteiger partial charge in [0.25, 0.3) is 0 Å². The van der Waals surface area contributed by atoms with E-state index in [-0.39, 0.29) is 9.24 Å². The Labute approximate surface area is 77.9 Å². The number of thiazole rings is 1. The highest BCUT2D eigenvalue weighted by Gasteiger charge is 2.14. The van der Waals surface area contributed by atoms with Crippen LogP contribution in [-0.4, -0.2) is 13.4 Å². The van der Waals surface area contributed by atoms with Crippen molar-refractivity contribution in [3.05, 3.63) is 3.95 Å². The highest BCUT2D eigenvalue weighted by atomic mass is 32.2. The van der Waals surface area contributed by atoms with Crippen LogP contribution in [0.5, 0.6) is 0 Å². The van der Waals surface area contributed by atoms with Crippen LogP contribution in [0.25, 0.3) is 0 Å². The first-order valence-corrected chi connectivity index (χ1v) is 5.58. The van der Waals surface area contributed by atoms with Gasteiger partial charge < -0.3 is 4.98 Å². The summed E-state index contributed by atoms with van der Waals surface area (Å²) in [7, 11) is -3.67. The number of nitrogens with one attached hydrogen (secondary N) is 1. The third-order valence-corrected chi connectivity index (χ3v) is 4.19. The molecular weight excluding hydrogens is 224 g/mol. The first-order valence-electron chi connectivity index (χ1n) is 2.36. The van der Waals surface area contributed by atoms with E-state index in [1.807, 2.05) is 0 Å². The van der Waals surface area contributed by atoms with Gasteiger partial charge in [0.2, 0.25) is 10.0 Å². The lowest BCUT2D eigenvalue weighted by molar-refractivity contribution is 0.597. The summed E-state index contributed by atoms with van der Waals surface area (Å²) in [5, 5.41) is 5.04. The van der Waals surface area contributed by atoms with Crippen molar-refractivity contribution in [2.45, 2.75) is 9.24 Å². The van der Waals surface area contributed by atoms with E-state index in [1.165, 1.54) is 0 Å². The molecule has 0 aliphatic heterocycles. The summed E-state index contributed by atoms with van der Waals surface area (Å²) in [4.78, 5) is 2.55. The number of aromatic amines is 1. The van der Waals surface area contributed by atoms with Gasteiger partial charge in [-0.3, -0.25) is 0 Å². The fraction of sp³-hybridized carbons (Fsp3) is 0. The normalized spacial score (nSPS) is 11.8. The molecule has 0 amide bonds. The van der Waals surface area contributed by atoms with Gasteiger partial charge in [-0.15, -0.1) is 12.6 Å². The van der Waals surface area contributed by atoms with Crippen molar-refractivity contribution in [3.63, 3.8) is 0 Å². The monoisotopic (exact) mass is 228 g/mol. The summed E-state index contributed by atoms with van der Waals surface area (Å²) < 4.78 is 21.8. The van der Waals surface area contributed by atoms with Crippen LogP contribution < -0.4 is 5.14 Å². The molecule has 0 spiro atoms. The van der Waals surface area contributed by atoms with Gasteiger partial charge in [0.1, 0.15) is 5.03 Å². The zero-order chi connectivity index (χ0) is 8.65. The fourth-order valence-electron chi connectivity index (χ4n) is 0.499. The van der Waals surface area contributed by atoms with Gasteiger partial charge in [0.05, 0.1) is 0 Å². The Balaban J connectivity index is 3.48. The smallest absolute Gasteiger partial charge is 0.250 e. The fourth-order valence-corrected chi connectivity index (χ4v) is 3.29. The van der Waals surface area contributed by atoms with E-state index < -0.39 is 10.0 Å². The van der Waals surface area contributed by atoms with Crippen molar-refractivity contribution in [1.29, 1.82) is 0 Å². The number of hydrogen-bond acceptors (Lipinski definition) is 5. The average Bonchev–Trinajstić information content (AvgIpc) is 2.08. The van der Waals surface area contributed by atoms with Gasteiger partial charge in [-0.05, 0) is 12.2 Å². The molecule has 1 aromatic rings. The second-order valence-electron chi connectivity index (χ2n) is 1.70. The van der Waals surface area contributed by atoms with Crippen LogP contribution in [-0.2, 0) is 10.0 Å². The summed E-state index contributed by atoms with van der Waals surface area (Å²) in [5.74, 6) is 0. The number of sulfonamides is 1. The van der Waals surface area contributed by atoms with Crippen molar-refractivity contribution >= 4 is 46.2 Å². The van der Waals surface area contributed by atoms with Gasteiger partial charge >= 0.3 is 0 Å². The predicted octanol–water partition coefficient (Wildman–Crippen LogP) is 0.742. The lowest BCUT2D eigenvalue weighted by Crippen LogP contribution is -2.10. The molecule has 0 fully saturated rings. The quantitative estimate of drug-likeness (QED) is 0.490. The summed E-state index contributed by atoms with van der Waals surface area (Å²) >= 11 is 9.42. The van der Waals surface area contributed by atoms with Crippen molar-refractivity contribution in [1.82, 2.24) is 4.98 Å². The second-order valence-corrected chi connectivity index (χ2v) is 5.59. The Morgan fingerprint density at radius 2 is 2.18 bits per heavy atom. The maximum atomic E-state index is 10.7. The summed E-state index contributed by atoms with van der Waals surface area (Å²) in [6.07, 6.45) is 0. The largest absolute Gasteiger partial charge is 0.331 e. The van der Waals surface area contributed by atoms with E-state index >= 15 is 0 Å². The summed E-state index contributed by atoms with van der Waals surface area (Å²) in [6.45, 7) is 0. The molecule has 1 heterocycles. The maximum absolute atomic E-state index is 10.7. The van der Waals surface area contributed by atoms with Crippen LogP contribution in [0, 0.1) is 3.95 Å². The molecule has 4 nitrogen and oxygen atoms in total. The summed E-state index contributed by atoms with van der Waals surface area (Å²) in [6, 6.07) is 0. The Kier molecular flexibility index (Phi) is 2.40. The Morgan fingerprint density at radius 3 is 2.36 bits per heavy atom. The molecular formula is C3H4N2O2S4. The highest BCUT2D eigenvalue weighted by molar-refractivity contribution is 7.92. The standard InChI is InChI=1S/C3H4N2O2S4/c4-11(6,7)2-1(8)5-3(9)10-2/h8H,(H,5,9)(H2,4,6,7). The van der Waals surface area contributed by atoms with Gasteiger partial charge in [-0.1, -0.05) is 11.3 Å². The van der Waals surface area contributed by atoms with Crippen molar-refractivity contribution < 1.29 is 8.42 Å². The zero-order valence-corrected chi connectivity index (χ0v) is 8.41.